The summed E-state index contributed by atoms with van der Waals surface area (Å²) in [5.74, 6) is 0. The van der Waals surface area contributed by atoms with E-state index >= 15 is 0 Å². The fourth-order valence-electron chi connectivity index (χ4n) is 1.57. The third-order valence-corrected chi connectivity index (χ3v) is 3.75. The maximum Gasteiger partial charge on any atom is 0.293 e. The van der Waals surface area contributed by atoms with Crippen molar-refractivity contribution in [3.05, 3.63) is 21.2 Å². The number of aryl methyl sites for hydroxylation is 2. The van der Waals surface area contributed by atoms with Crippen molar-refractivity contribution < 1.29 is 4.42 Å². The average Bonchev–Trinajstić information content (AvgIpc) is 2.54. The molecule has 0 saturated heterocycles. The third-order valence-electron chi connectivity index (χ3n) is 2.56. The Balaban J connectivity index is 3.01. The molecule has 3 nitrogen and oxygen atoms in total. The molecule has 0 radical (unpaired) electrons. The minimum Gasteiger partial charge on any atom is -0.423 e. The minimum absolute atomic E-state index is 0.226. The first kappa shape index (κ1) is 9.52. The molecule has 2 N–H and O–H groups in total. The van der Waals surface area contributed by atoms with Crippen molar-refractivity contribution in [3.63, 3.8) is 0 Å². The maximum atomic E-state index is 5.54. The van der Waals surface area contributed by atoms with Gasteiger partial charge in [0, 0.05) is 10.0 Å². The number of nitrogen functional groups attached to an aromatic ring is 1. The van der Waals surface area contributed by atoms with Gasteiger partial charge in [0.2, 0.25) is 0 Å². The van der Waals surface area contributed by atoms with Crippen molar-refractivity contribution in [2.24, 2.45) is 0 Å². The van der Waals surface area contributed by atoms with E-state index in [0.29, 0.717) is 0 Å². The summed E-state index contributed by atoms with van der Waals surface area (Å²) in [4.78, 5) is 4.17. The molecular formula is C10H11BrN2O. The first-order valence-corrected chi connectivity index (χ1v) is 5.13. The van der Waals surface area contributed by atoms with Gasteiger partial charge in [-0.15, -0.1) is 0 Å². The van der Waals surface area contributed by atoms with Gasteiger partial charge in [0.25, 0.3) is 6.01 Å². The second-order valence-electron chi connectivity index (χ2n) is 3.42. The Kier molecular flexibility index (Phi) is 2.03. The monoisotopic (exact) mass is 254 g/mol. The predicted molar refractivity (Wildman–Crippen MR) is 60.3 cm³/mol. The Morgan fingerprint density at radius 2 is 1.79 bits per heavy atom. The number of fused-ring (bicyclic) bond motifs is 1. The molecule has 0 aliphatic heterocycles. The van der Waals surface area contributed by atoms with Gasteiger partial charge in [-0.05, 0) is 31.9 Å². The SMILES string of the molecule is Cc1c(Br)c(C)c2oc(N)nc2c1C. The molecule has 14 heavy (non-hydrogen) atoms. The number of rotatable bonds is 0. The highest BCUT2D eigenvalue weighted by molar-refractivity contribution is 9.10. The maximum absolute atomic E-state index is 5.54. The van der Waals surface area contributed by atoms with Gasteiger partial charge in [0.05, 0.1) is 0 Å². The number of hydrogen-bond acceptors (Lipinski definition) is 3. The fraction of sp³-hybridized carbons (Fsp3) is 0.300. The molecule has 74 valence electrons. The quantitative estimate of drug-likeness (QED) is 0.786. The van der Waals surface area contributed by atoms with Crippen molar-refractivity contribution >= 4 is 33.0 Å². The molecule has 0 aliphatic rings. The highest BCUT2D eigenvalue weighted by Gasteiger charge is 2.14. The van der Waals surface area contributed by atoms with E-state index in [1.165, 1.54) is 5.56 Å². The molecule has 1 heterocycles. The molecule has 0 saturated carbocycles. The summed E-state index contributed by atoms with van der Waals surface area (Å²) >= 11 is 3.53. The summed E-state index contributed by atoms with van der Waals surface area (Å²) in [6.45, 7) is 6.06. The fourth-order valence-corrected chi connectivity index (χ4v) is 2.05. The van der Waals surface area contributed by atoms with Crippen LogP contribution in [0.5, 0.6) is 0 Å². The molecule has 2 aromatic rings. The molecule has 1 aromatic heterocycles. The van der Waals surface area contributed by atoms with E-state index in [0.717, 1.165) is 26.7 Å². The van der Waals surface area contributed by atoms with Crippen LogP contribution in [0.2, 0.25) is 0 Å². The van der Waals surface area contributed by atoms with Gasteiger partial charge < -0.3 is 10.2 Å². The number of halogens is 1. The van der Waals surface area contributed by atoms with E-state index in [1.807, 2.05) is 13.8 Å². The molecule has 0 unspecified atom stereocenters. The first-order chi connectivity index (χ1) is 6.52. The largest absolute Gasteiger partial charge is 0.423 e. The second kappa shape index (κ2) is 2.98. The molecule has 0 aliphatic carbocycles. The molecule has 2 rings (SSSR count). The summed E-state index contributed by atoms with van der Waals surface area (Å²) in [6, 6.07) is 0.226. The molecule has 0 bridgehead atoms. The summed E-state index contributed by atoms with van der Waals surface area (Å²) in [6.07, 6.45) is 0. The molecule has 0 spiro atoms. The Bertz CT molecular complexity index is 472. The lowest BCUT2D eigenvalue weighted by molar-refractivity contribution is 0.623. The van der Waals surface area contributed by atoms with Crippen LogP contribution in [0, 0.1) is 20.8 Å². The predicted octanol–water partition coefficient (Wildman–Crippen LogP) is 3.10. The average molecular weight is 255 g/mol. The van der Waals surface area contributed by atoms with Gasteiger partial charge in [0.15, 0.2) is 5.58 Å². The third kappa shape index (κ3) is 1.14. The van der Waals surface area contributed by atoms with Crippen molar-refractivity contribution in [3.8, 4) is 0 Å². The van der Waals surface area contributed by atoms with E-state index < -0.39 is 0 Å². The molecule has 0 amide bonds. The minimum atomic E-state index is 0.226. The number of hydrogen-bond donors (Lipinski definition) is 1. The van der Waals surface area contributed by atoms with Crippen LogP contribution in [0.15, 0.2) is 8.89 Å². The van der Waals surface area contributed by atoms with Crippen LogP contribution in [0.3, 0.4) is 0 Å². The molecule has 0 atom stereocenters. The molecular weight excluding hydrogens is 244 g/mol. The Labute approximate surface area is 90.4 Å². The van der Waals surface area contributed by atoms with Gasteiger partial charge >= 0.3 is 0 Å². The standard InChI is InChI=1S/C10H11BrN2O/c1-4-5(2)8-9(6(3)7(4)11)14-10(12)13-8/h1-3H3,(H2,12,13). The number of nitrogens with zero attached hydrogens (tertiary/aromatic N) is 1. The number of benzene rings is 1. The zero-order chi connectivity index (χ0) is 10.5. The molecule has 0 fully saturated rings. The normalized spacial score (nSPS) is 11.1. The summed E-state index contributed by atoms with van der Waals surface area (Å²) in [5, 5.41) is 0. The zero-order valence-electron chi connectivity index (χ0n) is 8.31. The number of oxazole rings is 1. The van der Waals surface area contributed by atoms with Crippen molar-refractivity contribution in [2.45, 2.75) is 20.8 Å². The number of aromatic nitrogens is 1. The summed E-state index contributed by atoms with van der Waals surface area (Å²) in [5.41, 5.74) is 10.5. The Morgan fingerprint density at radius 1 is 1.14 bits per heavy atom. The van der Waals surface area contributed by atoms with Crippen LogP contribution in [-0.4, -0.2) is 4.98 Å². The summed E-state index contributed by atoms with van der Waals surface area (Å²) in [7, 11) is 0. The van der Waals surface area contributed by atoms with Crippen LogP contribution >= 0.6 is 15.9 Å². The van der Waals surface area contributed by atoms with Gasteiger partial charge in [-0.25, -0.2) is 0 Å². The van der Waals surface area contributed by atoms with E-state index in [4.69, 9.17) is 10.2 Å². The number of anilines is 1. The molecule has 4 heteroatoms. The van der Waals surface area contributed by atoms with Crippen LogP contribution in [0.1, 0.15) is 16.7 Å². The van der Waals surface area contributed by atoms with E-state index in [1.54, 1.807) is 0 Å². The second-order valence-corrected chi connectivity index (χ2v) is 4.21. The van der Waals surface area contributed by atoms with E-state index in [2.05, 4.69) is 27.8 Å². The lowest BCUT2D eigenvalue weighted by Gasteiger charge is -2.06. The molecule has 1 aromatic carbocycles. The van der Waals surface area contributed by atoms with Crippen LogP contribution in [0.4, 0.5) is 6.01 Å². The highest BCUT2D eigenvalue weighted by atomic mass is 79.9. The first-order valence-electron chi connectivity index (χ1n) is 4.33. The van der Waals surface area contributed by atoms with Crippen molar-refractivity contribution in [2.75, 3.05) is 5.73 Å². The van der Waals surface area contributed by atoms with E-state index in [-0.39, 0.29) is 6.01 Å². The topological polar surface area (TPSA) is 52.0 Å². The summed E-state index contributed by atoms with van der Waals surface area (Å²) < 4.78 is 6.42. The Morgan fingerprint density at radius 3 is 2.43 bits per heavy atom. The van der Waals surface area contributed by atoms with Crippen LogP contribution < -0.4 is 5.73 Å². The van der Waals surface area contributed by atoms with Crippen LogP contribution in [0.25, 0.3) is 11.1 Å². The highest BCUT2D eigenvalue weighted by Crippen LogP contribution is 2.33. The van der Waals surface area contributed by atoms with Crippen molar-refractivity contribution in [1.29, 1.82) is 0 Å². The van der Waals surface area contributed by atoms with Gasteiger partial charge in [-0.1, -0.05) is 15.9 Å². The smallest absolute Gasteiger partial charge is 0.293 e. The zero-order valence-corrected chi connectivity index (χ0v) is 9.90. The van der Waals surface area contributed by atoms with Crippen LogP contribution in [-0.2, 0) is 0 Å². The Hall–Kier alpha value is -1.03. The van der Waals surface area contributed by atoms with Gasteiger partial charge in [0.1, 0.15) is 5.52 Å². The van der Waals surface area contributed by atoms with Gasteiger partial charge in [-0.2, -0.15) is 4.98 Å². The number of nitrogens with two attached hydrogens (primary N) is 1. The lowest BCUT2D eigenvalue weighted by Crippen LogP contribution is -1.89. The van der Waals surface area contributed by atoms with Crippen molar-refractivity contribution in [1.82, 2.24) is 4.98 Å². The lowest BCUT2D eigenvalue weighted by atomic mass is 10.1. The van der Waals surface area contributed by atoms with Gasteiger partial charge in [-0.3, -0.25) is 0 Å². The van der Waals surface area contributed by atoms with E-state index in [9.17, 15) is 0 Å².